The molecule has 108 valence electrons. The first kappa shape index (κ1) is 13.5. The molecular weight excluding hydrogens is 264 g/mol. The summed E-state index contributed by atoms with van der Waals surface area (Å²) in [6, 6.07) is 9.69. The Labute approximate surface area is 124 Å². The van der Waals surface area contributed by atoms with E-state index in [0.717, 1.165) is 37.6 Å². The first-order valence-corrected chi connectivity index (χ1v) is 7.15. The van der Waals surface area contributed by atoms with E-state index < -0.39 is 0 Å². The molecule has 1 saturated heterocycles. The van der Waals surface area contributed by atoms with Gasteiger partial charge in [0, 0.05) is 44.8 Å². The zero-order chi connectivity index (χ0) is 14.5. The van der Waals surface area contributed by atoms with Gasteiger partial charge in [-0.15, -0.1) is 0 Å². The summed E-state index contributed by atoms with van der Waals surface area (Å²) in [5.74, 6) is 1.17. The molecule has 0 atom stereocenters. The summed E-state index contributed by atoms with van der Waals surface area (Å²) in [6.45, 7) is 3.17. The van der Waals surface area contributed by atoms with Crippen molar-refractivity contribution in [3.8, 4) is 0 Å². The molecule has 1 aliphatic heterocycles. The molecule has 0 unspecified atom stereocenters. The number of carbonyl (C=O) groups excluding carboxylic acids is 1. The van der Waals surface area contributed by atoms with Crippen molar-refractivity contribution in [2.45, 2.75) is 6.42 Å². The van der Waals surface area contributed by atoms with Gasteiger partial charge in [0.25, 0.3) is 0 Å². The number of hydrogen-bond donors (Lipinski definition) is 0. The van der Waals surface area contributed by atoms with Gasteiger partial charge in [-0.1, -0.05) is 6.07 Å². The van der Waals surface area contributed by atoms with Gasteiger partial charge in [-0.2, -0.15) is 0 Å². The van der Waals surface area contributed by atoms with E-state index in [2.05, 4.69) is 14.9 Å². The van der Waals surface area contributed by atoms with E-state index in [1.165, 1.54) is 0 Å². The Morgan fingerprint density at radius 3 is 2.43 bits per heavy atom. The minimum Gasteiger partial charge on any atom is -0.353 e. The van der Waals surface area contributed by atoms with Crippen LogP contribution >= 0.6 is 0 Å². The summed E-state index contributed by atoms with van der Waals surface area (Å²) in [7, 11) is 0. The number of amides is 1. The Morgan fingerprint density at radius 2 is 1.76 bits per heavy atom. The van der Waals surface area contributed by atoms with Crippen molar-refractivity contribution in [1.82, 2.24) is 14.9 Å². The van der Waals surface area contributed by atoms with Gasteiger partial charge in [-0.05, 0) is 29.8 Å². The molecule has 3 heterocycles. The number of carbonyl (C=O) groups is 1. The molecular formula is C16H18N4O. The number of rotatable bonds is 3. The predicted molar refractivity (Wildman–Crippen MR) is 81.0 cm³/mol. The average Bonchev–Trinajstić information content (AvgIpc) is 2.57. The summed E-state index contributed by atoms with van der Waals surface area (Å²) in [5.41, 5.74) is 1.02. The van der Waals surface area contributed by atoms with Crippen molar-refractivity contribution in [1.29, 1.82) is 0 Å². The van der Waals surface area contributed by atoms with Crippen LogP contribution in [0.5, 0.6) is 0 Å². The van der Waals surface area contributed by atoms with Gasteiger partial charge < -0.3 is 9.80 Å². The molecule has 0 bridgehead atoms. The zero-order valence-corrected chi connectivity index (χ0v) is 11.9. The van der Waals surface area contributed by atoms with E-state index in [9.17, 15) is 4.79 Å². The van der Waals surface area contributed by atoms with Crippen molar-refractivity contribution in [3.63, 3.8) is 0 Å². The van der Waals surface area contributed by atoms with Crippen LogP contribution in [0.2, 0.25) is 0 Å². The van der Waals surface area contributed by atoms with E-state index >= 15 is 0 Å². The number of pyridine rings is 2. The van der Waals surface area contributed by atoms with Gasteiger partial charge >= 0.3 is 0 Å². The topological polar surface area (TPSA) is 49.3 Å². The molecule has 1 fully saturated rings. The smallest absolute Gasteiger partial charge is 0.227 e. The molecule has 0 aromatic carbocycles. The van der Waals surface area contributed by atoms with Gasteiger partial charge in [0.2, 0.25) is 5.91 Å². The molecule has 5 heteroatoms. The third-order valence-corrected chi connectivity index (χ3v) is 3.71. The van der Waals surface area contributed by atoms with Gasteiger partial charge in [-0.25, -0.2) is 4.98 Å². The van der Waals surface area contributed by atoms with Crippen molar-refractivity contribution < 1.29 is 4.79 Å². The van der Waals surface area contributed by atoms with Crippen LogP contribution in [0.25, 0.3) is 0 Å². The maximum Gasteiger partial charge on any atom is 0.227 e. The summed E-state index contributed by atoms with van der Waals surface area (Å²) >= 11 is 0. The van der Waals surface area contributed by atoms with Gasteiger partial charge in [-0.3, -0.25) is 9.78 Å². The van der Waals surface area contributed by atoms with Crippen LogP contribution in [0.15, 0.2) is 48.9 Å². The lowest BCUT2D eigenvalue weighted by atomic mass is 10.1. The van der Waals surface area contributed by atoms with Crippen LogP contribution in [0.4, 0.5) is 5.82 Å². The highest BCUT2D eigenvalue weighted by Crippen LogP contribution is 2.13. The van der Waals surface area contributed by atoms with Gasteiger partial charge in [0.15, 0.2) is 0 Å². The first-order chi connectivity index (χ1) is 10.3. The van der Waals surface area contributed by atoms with E-state index in [0.29, 0.717) is 6.42 Å². The van der Waals surface area contributed by atoms with E-state index in [1.54, 1.807) is 18.6 Å². The Bertz CT molecular complexity index is 580. The van der Waals surface area contributed by atoms with Crippen molar-refractivity contribution in [2.24, 2.45) is 0 Å². The molecule has 0 aliphatic carbocycles. The molecule has 21 heavy (non-hydrogen) atoms. The monoisotopic (exact) mass is 282 g/mol. The highest BCUT2D eigenvalue weighted by atomic mass is 16.2. The number of piperazine rings is 1. The van der Waals surface area contributed by atoms with Crippen molar-refractivity contribution >= 4 is 11.7 Å². The van der Waals surface area contributed by atoms with Crippen LogP contribution in [-0.2, 0) is 11.2 Å². The molecule has 0 spiro atoms. The second-order valence-electron chi connectivity index (χ2n) is 5.09. The zero-order valence-electron chi connectivity index (χ0n) is 11.9. The largest absolute Gasteiger partial charge is 0.353 e. The lowest BCUT2D eigenvalue weighted by Gasteiger charge is -2.35. The minimum atomic E-state index is 0.182. The van der Waals surface area contributed by atoms with E-state index in [4.69, 9.17) is 0 Å². The summed E-state index contributed by atoms with van der Waals surface area (Å²) in [4.78, 5) is 24.8. The number of aromatic nitrogens is 2. The first-order valence-electron chi connectivity index (χ1n) is 7.15. The quantitative estimate of drug-likeness (QED) is 0.853. The highest BCUT2D eigenvalue weighted by Gasteiger charge is 2.21. The van der Waals surface area contributed by atoms with Crippen molar-refractivity contribution in [2.75, 3.05) is 31.1 Å². The van der Waals surface area contributed by atoms with Crippen LogP contribution in [0, 0.1) is 0 Å². The fraction of sp³-hybridized carbons (Fsp3) is 0.312. The molecule has 0 saturated carbocycles. The summed E-state index contributed by atoms with van der Waals surface area (Å²) in [6.07, 6.45) is 5.70. The van der Waals surface area contributed by atoms with Crippen LogP contribution in [-0.4, -0.2) is 47.0 Å². The lowest BCUT2D eigenvalue weighted by molar-refractivity contribution is -0.130. The molecule has 5 nitrogen and oxygen atoms in total. The SMILES string of the molecule is O=C(Cc1ccncc1)N1CCN(c2ccccn2)CC1. The molecule has 1 aliphatic rings. The normalized spacial score (nSPS) is 15.0. The minimum absolute atomic E-state index is 0.182. The third kappa shape index (κ3) is 3.37. The average molecular weight is 282 g/mol. The third-order valence-electron chi connectivity index (χ3n) is 3.71. The van der Waals surface area contributed by atoms with Gasteiger partial charge in [0.05, 0.1) is 6.42 Å². The van der Waals surface area contributed by atoms with Gasteiger partial charge in [0.1, 0.15) is 5.82 Å². The lowest BCUT2D eigenvalue weighted by Crippen LogP contribution is -2.49. The van der Waals surface area contributed by atoms with E-state index in [1.807, 2.05) is 35.2 Å². The fourth-order valence-electron chi connectivity index (χ4n) is 2.51. The Morgan fingerprint density at radius 1 is 1.00 bits per heavy atom. The van der Waals surface area contributed by atoms with Crippen LogP contribution < -0.4 is 4.90 Å². The fourth-order valence-corrected chi connectivity index (χ4v) is 2.51. The molecule has 0 radical (unpaired) electrons. The molecule has 2 aromatic rings. The van der Waals surface area contributed by atoms with E-state index in [-0.39, 0.29) is 5.91 Å². The predicted octanol–water partition coefficient (Wildman–Crippen LogP) is 1.37. The Balaban J connectivity index is 1.55. The maximum atomic E-state index is 12.3. The molecule has 3 rings (SSSR count). The second kappa shape index (κ2) is 6.35. The van der Waals surface area contributed by atoms with Crippen LogP contribution in [0.3, 0.4) is 0 Å². The number of anilines is 1. The second-order valence-corrected chi connectivity index (χ2v) is 5.09. The Kier molecular flexibility index (Phi) is 4.09. The number of nitrogens with zero attached hydrogens (tertiary/aromatic N) is 4. The summed E-state index contributed by atoms with van der Waals surface area (Å²) < 4.78 is 0. The molecule has 0 N–H and O–H groups in total. The summed E-state index contributed by atoms with van der Waals surface area (Å²) in [5, 5.41) is 0. The molecule has 1 amide bonds. The maximum absolute atomic E-state index is 12.3. The highest BCUT2D eigenvalue weighted by molar-refractivity contribution is 5.79. The molecule has 2 aromatic heterocycles. The number of hydrogen-bond acceptors (Lipinski definition) is 4. The van der Waals surface area contributed by atoms with Crippen LogP contribution in [0.1, 0.15) is 5.56 Å². The standard InChI is InChI=1S/C16H18N4O/c21-16(13-14-4-7-17-8-5-14)20-11-9-19(10-12-20)15-3-1-2-6-18-15/h1-8H,9-13H2. The van der Waals surface area contributed by atoms with Crippen molar-refractivity contribution in [3.05, 3.63) is 54.5 Å². The Hall–Kier alpha value is -2.43.